The molecule has 2 atom stereocenters. The Morgan fingerprint density at radius 3 is 2.81 bits per heavy atom. The minimum absolute atomic E-state index is 0.0456. The summed E-state index contributed by atoms with van der Waals surface area (Å²) in [6.07, 6.45) is 3.17. The third-order valence-electron chi connectivity index (χ3n) is 3.22. The summed E-state index contributed by atoms with van der Waals surface area (Å²) >= 11 is 0. The summed E-state index contributed by atoms with van der Waals surface area (Å²) in [5.41, 5.74) is 0. The minimum Gasteiger partial charge on any atom is -0.379 e. The van der Waals surface area contributed by atoms with Crippen molar-refractivity contribution in [2.75, 3.05) is 33.4 Å². The molecule has 5 nitrogen and oxygen atoms in total. The van der Waals surface area contributed by atoms with Crippen LogP contribution in [0.15, 0.2) is 0 Å². The number of carbonyl (C=O) groups excluding carboxylic acids is 1. The fourth-order valence-electron chi connectivity index (χ4n) is 2.35. The molecule has 0 spiro atoms. The zero-order valence-electron chi connectivity index (χ0n) is 9.87. The first kappa shape index (κ1) is 11.7. The van der Waals surface area contributed by atoms with Crippen LogP contribution in [0.25, 0.3) is 0 Å². The maximum atomic E-state index is 11.7. The van der Waals surface area contributed by atoms with E-state index < -0.39 is 0 Å². The Morgan fingerprint density at radius 1 is 1.31 bits per heavy atom. The van der Waals surface area contributed by atoms with Crippen molar-refractivity contribution >= 4 is 6.03 Å². The first-order chi connectivity index (χ1) is 7.74. The molecule has 2 heterocycles. The Morgan fingerprint density at radius 2 is 2.12 bits per heavy atom. The van der Waals surface area contributed by atoms with Crippen molar-refractivity contribution in [1.82, 2.24) is 15.5 Å². The lowest BCUT2D eigenvalue weighted by molar-refractivity contribution is 0.185. The number of hydrogen-bond donors (Lipinski definition) is 2. The predicted molar refractivity (Wildman–Crippen MR) is 61.4 cm³/mol. The van der Waals surface area contributed by atoms with E-state index in [-0.39, 0.29) is 12.1 Å². The minimum atomic E-state index is -0.0456. The average molecular weight is 227 g/mol. The molecule has 0 aromatic carbocycles. The maximum absolute atomic E-state index is 11.7. The molecule has 2 amide bonds. The molecular formula is C11H21N3O2. The second kappa shape index (κ2) is 5.50. The van der Waals surface area contributed by atoms with Crippen LogP contribution in [0.2, 0.25) is 0 Å². The first-order valence-corrected chi connectivity index (χ1v) is 6.07. The van der Waals surface area contributed by atoms with Gasteiger partial charge < -0.3 is 20.3 Å². The Balaban J connectivity index is 1.69. The van der Waals surface area contributed by atoms with Crippen LogP contribution in [-0.2, 0) is 4.74 Å². The number of amides is 2. The summed E-state index contributed by atoms with van der Waals surface area (Å²) in [4.78, 5) is 13.9. The zero-order chi connectivity index (χ0) is 11.4. The Kier molecular flexibility index (Phi) is 4.01. The van der Waals surface area contributed by atoms with E-state index >= 15 is 0 Å². The topological polar surface area (TPSA) is 53.6 Å². The molecule has 16 heavy (non-hydrogen) atoms. The van der Waals surface area contributed by atoms with E-state index in [1.807, 2.05) is 0 Å². The van der Waals surface area contributed by atoms with Crippen LogP contribution in [0.5, 0.6) is 0 Å². The summed E-state index contributed by atoms with van der Waals surface area (Å²) in [6.45, 7) is 3.50. The number of nitrogens with zero attached hydrogens (tertiary/aromatic N) is 1. The molecule has 2 unspecified atom stereocenters. The van der Waals surface area contributed by atoms with E-state index in [4.69, 9.17) is 4.74 Å². The number of hydrogen-bond acceptors (Lipinski definition) is 3. The van der Waals surface area contributed by atoms with Gasteiger partial charge in [-0.3, -0.25) is 0 Å². The normalized spacial score (nSPS) is 31.3. The van der Waals surface area contributed by atoms with Gasteiger partial charge in [0.2, 0.25) is 0 Å². The van der Waals surface area contributed by atoms with Gasteiger partial charge in [0, 0.05) is 19.2 Å². The van der Waals surface area contributed by atoms with Crippen LogP contribution in [0, 0.1) is 0 Å². The average Bonchev–Trinajstić information content (AvgIpc) is 2.70. The van der Waals surface area contributed by atoms with Crippen LogP contribution in [0.3, 0.4) is 0 Å². The van der Waals surface area contributed by atoms with Crippen molar-refractivity contribution in [1.29, 1.82) is 0 Å². The van der Waals surface area contributed by atoms with E-state index in [2.05, 4.69) is 22.6 Å². The molecule has 2 N–H and O–H groups in total. The molecule has 2 aliphatic rings. The van der Waals surface area contributed by atoms with Crippen molar-refractivity contribution in [2.24, 2.45) is 0 Å². The molecule has 2 saturated heterocycles. The van der Waals surface area contributed by atoms with E-state index in [0.717, 1.165) is 39.0 Å². The Hall–Kier alpha value is -0.810. The molecule has 5 heteroatoms. The maximum Gasteiger partial charge on any atom is 0.315 e. The number of carbonyl (C=O) groups is 1. The number of likely N-dealkylation sites (tertiary alicyclic amines) is 1. The summed E-state index contributed by atoms with van der Waals surface area (Å²) in [6, 6.07) is 0.443. The van der Waals surface area contributed by atoms with Gasteiger partial charge in [-0.15, -0.1) is 0 Å². The number of rotatable bonds is 2. The van der Waals surface area contributed by atoms with Gasteiger partial charge in [0.15, 0.2) is 0 Å². The molecule has 2 fully saturated rings. The van der Waals surface area contributed by atoms with Crippen LogP contribution in [0.1, 0.15) is 19.3 Å². The number of likely N-dealkylation sites (N-methyl/N-ethyl adjacent to an activating group) is 1. The van der Waals surface area contributed by atoms with Gasteiger partial charge in [0.05, 0.1) is 12.6 Å². The lowest BCUT2D eigenvalue weighted by Crippen LogP contribution is -2.51. The smallest absolute Gasteiger partial charge is 0.315 e. The highest BCUT2D eigenvalue weighted by Gasteiger charge is 2.21. The van der Waals surface area contributed by atoms with E-state index in [1.54, 1.807) is 0 Å². The van der Waals surface area contributed by atoms with Crippen LogP contribution < -0.4 is 10.6 Å². The van der Waals surface area contributed by atoms with Gasteiger partial charge in [-0.1, -0.05) is 0 Å². The summed E-state index contributed by atoms with van der Waals surface area (Å²) in [5.74, 6) is 0. The van der Waals surface area contributed by atoms with Crippen LogP contribution in [-0.4, -0.2) is 56.4 Å². The third kappa shape index (κ3) is 3.35. The molecule has 0 aromatic heterocycles. The summed E-state index contributed by atoms with van der Waals surface area (Å²) < 4.78 is 5.21. The number of urea groups is 1. The van der Waals surface area contributed by atoms with Crippen molar-refractivity contribution in [2.45, 2.75) is 31.3 Å². The van der Waals surface area contributed by atoms with Gasteiger partial charge in [-0.05, 0) is 32.9 Å². The van der Waals surface area contributed by atoms with Gasteiger partial charge in [-0.25, -0.2) is 4.79 Å². The fourth-order valence-corrected chi connectivity index (χ4v) is 2.35. The molecule has 0 aromatic rings. The zero-order valence-corrected chi connectivity index (χ0v) is 9.87. The largest absolute Gasteiger partial charge is 0.379 e. The molecular weight excluding hydrogens is 206 g/mol. The SMILES string of the molecule is CN1CCCC(NC(=O)NC2CCOC2)C1. The molecule has 92 valence electrons. The molecule has 0 aliphatic carbocycles. The standard InChI is InChI=1S/C11H21N3O2/c1-14-5-2-3-9(7-14)12-11(15)13-10-4-6-16-8-10/h9-10H,2-8H2,1H3,(H2,12,13,15). The highest BCUT2D eigenvalue weighted by atomic mass is 16.5. The van der Waals surface area contributed by atoms with Gasteiger partial charge in [0.1, 0.15) is 0 Å². The second-order valence-electron chi connectivity index (χ2n) is 4.78. The summed E-state index contributed by atoms with van der Waals surface area (Å²) in [5, 5.41) is 5.98. The highest BCUT2D eigenvalue weighted by molar-refractivity contribution is 5.74. The van der Waals surface area contributed by atoms with Crippen molar-refractivity contribution in [3.8, 4) is 0 Å². The highest BCUT2D eigenvalue weighted by Crippen LogP contribution is 2.08. The molecule has 2 aliphatic heterocycles. The molecule has 0 saturated carbocycles. The first-order valence-electron chi connectivity index (χ1n) is 6.07. The Bertz CT molecular complexity index is 241. The Labute approximate surface area is 96.5 Å². The van der Waals surface area contributed by atoms with Crippen molar-refractivity contribution in [3.05, 3.63) is 0 Å². The predicted octanol–water partition coefficient (Wildman–Crippen LogP) is 0.169. The fraction of sp³-hybridized carbons (Fsp3) is 0.909. The quantitative estimate of drug-likeness (QED) is 0.707. The second-order valence-corrected chi connectivity index (χ2v) is 4.78. The van der Waals surface area contributed by atoms with Crippen LogP contribution >= 0.6 is 0 Å². The van der Waals surface area contributed by atoms with Crippen LogP contribution in [0.4, 0.5) is 4.79 Å². The lowest BCUT2D eigenvalue weighted by atomic mass is 10.1. The van der Waals surface area contributed by atoms with E-state index in [9.17, 15) is 4.79 Å². The van der Waals surface area contributed by atoms with Gasteiger partial charge in [0.25, 0.3) is 0 Å². The van der Waals surface area contributed by atoms with Crippen molar-refractivity contribution in [3.63, 3.8) is 0 Å². The molecule has 2 rings (SSSR count). The third-order valence-corrected chi connectivity index (χ3v) is 3.22. The van der Waals surface area contributed by atoms with E-state index in [1.165, 1.54) is 0 Å². The number of ether oxygens (including phenoxy) is 1. The molecule has 0 radical (unpaired) electrons. The summed E-state index contributed by atoms with van der Waals surface area (Å²) in [7, 11) is 2.09. The number of nitrogens with one attached hydrogen (secondary N) is 2. The van der Waals surface area contributed by atoms with Gasteiger partial charge >= 0.3 is 6.03 Å². The van der Waals surface area contributed by atoms with E-state index in [0.29, 0.717) is 12.6 Å². The van der Waals surface area contributed by atoms with Gasteiger partial charge in [-0.2, -0.15) is 0 Å². The monoisotopic (exact) mass is 227 g/mol. The number of piperidine rings is 1. The molecule has 0 bridgehead atoms. The lowest BCUT2D eigenvalue weighted by Gasteiger charge is -2.30. The van der Waals surface area contributed by atoms with Crippen molar-refractivity contribution < 1.29 is 9.53 Å².